The van der Waals surface area contributed by atoms with Crippen molar-refractivity contribution in [3.63, 3.8) is 0 Å². The van der Waals surface area contributed by atoms with Crippen LogP contribution in [0, 0.1) is 29.6 Å². The Morgan fingerprint density at radius 2 is 0.800 bits per heavy atom. The van der Waals surface area contributed by atoms with Crippen molar-refractivity contribution in [2.75, 3.05) is 0 Å². The van der Waals surface area contributed by atoms with Gasteiger partial charge in [-0.3, -0.25) is 0 Å². The molecule has 97 valence electrons. The summed E-state index contributed by atoms with van der Waals surface area (Å²) < 4.78 is 0. The van der Waals surface area contributed by atoms with E-state index in [0.29, 0.717) is 0 Å². The molecule has 0 heteroatoms. The third-order valence-corrected chi connectivity index (χ3v) is 4.81. The molecule has 0 spiro atoms. The Morgan fingerprint density at radius 3 is 1.20 bits per heavy atom. The molecule has 20 heavy (non-hydrogen) atoms. The van der Waals surface area contributed by atoms with Crippen LogP contribution in [0.5, 0.6) is 0 Å². The SMILES string of the molecule is C[C]1[C](C)[C]2[C]([C]1C)c1ccccc1-c1ccccc12. The van der Waals surface area contributed by atoms with Crippen LogP contribution >= 0.6 is 0 Å². The highest BCUT2D eigenvalue weighted by atomic mass is 14.5. The maximum absolute atomic E-state index is 2.26. The number of hydrogen-bond donors (Lipinski definition) is 0. The van der Waals surface area contributed by atoms with Crippen LogP contribution in [-0.2, 0) is 0 Å². The van der Waals surface area contributed by atoms with Crippen LogP contribution in [0.15, 0.2) is 48.5 Å². The summed E-state index contributed by atoms with van der Waals surface area (Å²) in [5, 5.41) is 0. The number of fused-ring (bicyclic) bond motifs is 6. The van der Waals surface area contributed by atoms with Gasteiger partial charge < -0.3 is 0 Å². The highest BCUT2D eigenvalue weighted by Crippen LogP contribution is 2.62. The van der Waals surface area contributed by atoms with E-state index in [9.17, 15) is 0 Å². The first-order chi connectivity index (χ1) is 9.70. The van der Waals surface area contributed by atoms with Crippen molar-refractivity contribution in [1.29, 1.82) is 0 Å². The summed E-state index contributed by atoms with van der Waals surface area (Å²) in [6, 6.07) is 17.6. The second kappa shape index (κ2) is 4.22. The molecule has 2 aliphatic rings. The molecule has 0 amide bonds. The van der Waals surface area contributed by atoms with Gasteiger partial charge in [0.05, 0.1) is 0 Å². The molecule has 2 aromatic rings. The molecule has 0 aliphatic heterocycles. The van der Waals surface area contributed by atoms with Gasteiger partial charge in [0.15, 0.2) is 0 Å². The molecule has 0 aromatic heterocycles. The minimum Gasteiger partial charge on any atom is -0.0619 e. The zero-order valence-electron chi connectivity index (χ0n) is 12.1. The molecule has 2 aliphatic carbocycles. The Morgan fingerprint density at radius 1 is 0.450 bits per heavy atom. The normalized spacial score (nSPS) is 20.8. The maximum Gasteiger partial charge on any atom is 0.0248 e. The summed E-state index contributed by atoms with van der Waals surface area (Å²) in [5.41, 5.74) is 5.50. The van der Waals surface area contributed by atoms with Crippen molar-refractivity contribution >= 4 is 0 Å². The van der Waals surface area contributed by atoms with Crippen molar-refractivity contribution in [1.82, 2.24) is 0 Å². The lowest BCUT2D eigenvalue weighted by Crippen LogP contribution is -2.19. The molecule has 4 rings (SSSR count). The van der Waals surface area contributed by atoms with Crippen molar-refractivity contribution in [3.8, 4) is 11.1 Å². The fourth-order valence-electron chi connectivity index (χ4n) is 3.58. The largest absolute Gasteiger partial charge is 0.0619 e. The topological polar surface area (TPSA) is 0 Å². The van der Waals surface area contributed by atoms with Crippen molar-refractivity contribution in [2.24, 2.45) is 0 Å². The second-order valence-electron chi connectivity index (χ2n) is 5.72. The molecule has 1 fully saturated rings. The first-order valence-electron chi connectivity index (χ1n) is 7.15. The third-order valence-electron chi connectivity index (χ3n) is 4.81. The lowest BCUT2D eigenvalue weighted by atomic mass is 9.69. The molecule has 0 heterocycles. The van der Waals surface area contributed by atoms with E-state index in [1.54, 1.807) is 0 Å². The number of rotatable bonds is 0. The first kappa shape index (κ1) is 12.2. The van der Waals surface area contributed by atoms with E-state index in [1.165, 1.54) is 51.8 Å². The summed E-state index contributed by atoms with van der Waals surface area (Å²) in [5.74, 6) is 7.17. The Kier molecular flexibility index (Phi) is 2.57. The third kappa shape index (κ3) is 1.43. The van der Waals surface area contributed by atoms with Crippen LogP contribution in [0.2, 0.25) is 0 Å². The fraction of sp³-hybridized carbons (Fsp3) is 0.150. The quantitative estimate of drug-likeness (QED) is 0.622. The molecule has 1 saturated carbocycles. The van der Waals surface area contributed by atoms with Gasteiger partial charge in [-0.2, -0.15) is 0 Å². The van der Waals surface area contributed by atoms with Crippen LogP contribution in [0.4, 0.5) is 0 Å². The predicted molar refractivity (Wildman–Crippen MR) is 83.3 cm³/mol. The van der Waals surface area contributed by atoms with Crippen LogP contribution in [-0.4, -0.2) is 0 Å². The standard InChI is InChI=1S/C20H17/c1-12-13(2)19-17-10-6-4-8-15(17)16-9-5-7-11-18(16)20(19)14(12)3/h4-11H,1-3H3. The van der Waals surface area contributed by atoms with E-state index in [4.69, 9.17) is 0 Å². The first-order valence-corrected chi connectivity index (χ1v) is 7.15. The van der Waals surface area contributed by atoms with Gasteiger partial charge in [-0.25, -0.2) is 0 Å². The van der Waals surface area contributed by atoms with Crippen molar-refractivity contribution < 1.29 is 0 Å². The van der Waals surface area contributed by atoms with E-state index in [0.717, 1.165) is 0 Å². The average Bonchev–Trinajstić information content (AvgIpc) is 2.73. The molecule has 0 atom stereocenters. The number of benzene rings is 2. The summed E-state index contributed by atoms with van der Waals surface area (Å²) in [7, 11) is 0. The highest BCUT2D eigenvalue weighted by molar-refractivity contribution is 5.89. The average molecular weight is 257 g/mol. The molecular formula is C20H17. The molecular weight excluding hydrogens is 240 g/mol. The molecule has 2 aromatic carbocycles. The van der Waals surface area contributed by atoms with Crippen LogP contribution in [0.1, 0.15) is 31.9 Å². The highest BCUT2D eigenvalue weighted by Gasteiger charge is 2.50. The molecule has 5 radical (unpaired) electrons. The summed E-state index contributed by atoms with van der Waals surface area (Å²) >= 11 is 0. The molecule has 0 bridgehead atoms. The van der Waals surface area contributed by atoms with Crippen molar-refractivity contribution in [2.45, 2.75) is 20.8 Å². The Labute approximate surface area is 121 Å². The minimum absolute atomic E-state index is 1.36. The van der Waals surface area contributed by atoms with Gasteiger partial charge >= 0.3 is 0 Å². The monoisotopic (exact) mass is 257 g/mol. The Bertz CT molecular complexity index is 597. The van der Waals surface area contributed by atoms with E-state index in [2.05, 4.69) is 69.3 Å². The van der Waals surface area contributed by atoms with E-state index >= 15 is 0 Å². The van der Waals surface area contributed by atoms with Gasteiger partial charge in [0.2, 0.25) is 0 Å². The predicted octanol–water partition coefficient (Wildman–Crippen LogP) is 5.01. The smallest absolute Gasteiger partial charge is 0.0248 e. The van der Waals surface area contributed by atoms with E-state index in [-0.39, 0.29) is 0 Å². The summed E-state index contributed by atoms with van der Waals surface area (Å²) in [4.78, 5) is 0. The molecule has 0 nitrogen and oxygen atoms in total. The zero-order chi connectivity index (χ0) is 13.9. The molecule has 0 saturated heterocycles. The van der Waals surface area contributed by atoms with Gasteiger partial charge in [-0.05, 0) is 40.0 Å². The number of hydrogen-bond acceptors (Lipinski definition) is 0. The lowest BCUT2D eigenvalue weighted by Gasteiger charge is -2.33. The van der Waals surface area contributed by atoms with Gasteiger partial charge in [-0.1, -0.05) is 69.3 Å². The second-order valence-corrected chi connectivity index (χ2v) is 5.72. The van der Waals surface area contributed by atoms with Crippen LogP contribution < -0.4 is 0 Å². The van der Waals surface area contributed by atoms with Gasteiger partial charge in [0.1, 0.15) is 0 Å². The Hall–Kier alpha value is -1.56. The summed E-state index contributed by atoms with van der Waals surface area (Å²) in [6.45, 7) is 6.76. The van der Waals surface area contributed by atoms with E-state index in [1.807, 2.05) is 0 Å². The fourth-order valence-corrected chi connectivity index (χ4v) is 3.58. The van der Waals surface area contributed by atoms with E-state index < -0.39 is 0 Å². The van der Waals surface area contributed by atoms with Crippen LogP contribution in [0.25, 0.3) is 11.1 Å². The molecule has 0 N–H and O–H groups in total. The van der Waals surface area contributed by atoms with Crippen molar-refractivity contribution in [3.05, 3.63) is 89.2 Å². The Balaban J connectivity index is 2.02. The molecule has 0 unspecified atom stereocenters. The minimum atomic E-state index is 1.36. The van der Waals surface area contributed by atoms with Gasteiger partial charge in [-0.15, -0.1) is 0 Å². The maximum atomic E-state index is 2.26. The van der Waals surface area contributed by atoms with Gasteiger partial charge in [0.25, 0.3) is 0 Å². The lowest BCUT2D eigenvalue weighted by molar-refractivity contribution is 0.981. The zero-order valence-corrected chi connectivity index (χ0v) is 12.1. The van der Waals surface area contributed by atoms with Crippen LogP contribution in [0.3, 0.4) is 0 Å². The van der Waals surface area contributed by atoms with Gasteiger partial charge in [0, 0.05) is 11.8 Å². The summed E-state index contributed by atoms with van der Waals surface area (Å²) in [6.07, 6.45) is 0.